The molecular formula is C20H31N3O3. The molecular weight excluding hydrogens is 330 g/mol. The Bertz CT molecular complexity index is 616. The number of amides is 1. The summed E-state index contributed by atoms with van der Waals surface area (Å²) in [6.07, 6.45) is 3.81. The predicted octanol–water partition coefficient (Wildman–Crippen LogP) is 1.88. The minimum Gasteiger partial charge on any atom is -0.493 e. The van der Waals surface area contributed by atoms with Gasteiger partial charge in [-0.2, -0.15) is 0 Å². The number of likely N-dealkylation sites (tertiary alicyclic amines) is 2. The summed E-state index contributed by atoms with van der Waals surface area (Å²) >= 11 is 0. The number of benzene rings is 1. The van der Waals surface area contributed by atoms with E-state index in [-0.39, 0.29) is 11.9 Å². The standard InChI is InChI=1S/C20H31N3O3/c1-15(23-11-8-17(14-23)22-9-4-5-10-22)20(24)21-13-16-6-7-18(25-2)19(12-16)26-3/h6-7,12,15,17H,4-5,8-11,13-14H2,1-3H3,(H,21,24). The third kappa shape index (κ3) is 4.30. The average molecular weight is 361 g/mol. The molecule has 1 amide bonds. The summed E-state index contributed by atoms with van der Waals surface area (Å²) in [7, 11) is 3.24. The number of nitrogens with zero attached hydrogens (tertiary/aromatic N) is 2. The SMILES string of the molecule is COc1ccc(CNC(=O)C(C)N2CCC(N3CCCC3)C2)cc1OC. The summed E-state index contributed by atoms with van der Waals surface area (Å²) in [5, 5.41) is 3.06. The lowest BCUT2D eigenvalue weighted by atomic mass is 10.2. The van der Waals surface area contributed by atoms with Crippen molar-refractivity contribution in [2.24, 2.45) is 0 Å². The van der Waals surface area contributed by atoms with Gasteiger partial charge in [0.15, 0.2) is 11.5 Å². The second kappa shape index (κ2) is 8.73. The van der Waals surface area contributed by atoms with Crippen LogP contribution in [0, 0.1) is 0 Å². The summed E-state index contributed by atoms with van der Waals surface area (Å²) in [4.78, 5) is 17.5. The van der Waals surface area contributed by atoms with Gasteiger partial charge in [0.2, 0.25) is 5.91 Å². The molecule has 144 valence electrons. The van der Waals surface area contributed by atoms with Gasteiger partial charge in [0, 0.05) is 25.7 Å². The lowest BCUT2D eigenvalue weighted by Crippen LogP contribution is -2.45. The monoisotopic (exact) mass is 361 g/mol. The van der Waals surface area contributed by atoms with Crippen LogP contribution in [0.5, 0.6) is 11.5 Å². The fraction of sp³-hybridized carbons (Fsp3) is 0.650. The third-order valence-electron chi connectivity index (χ3n) is 5.69. The number of carbonyl (C=O) groups excluding carboxylic acids is 1. The van der Waals surface area contributed by atoms with Crippen molar-refractivity contribution >= 4 is 5.91 Å². The van der Waals surface area contributed by atoms with Crippen LogP contribution in [0.1, 0.15) is 31.7 Å². The Morgan fingerprint density at radius 3 is 2.62 bits per heavy atom. The number of rotatable bonds is 7. The van der Waals surface area contributed by atoms with E-state index in [1.807, 2.05) is 25.1 Å². The summed E-state index contributed by atoms with van der Waals surface area (Å²) in [5.41, 5.74) is 1.000. The van der Waals surface area contributed by atoms with Crippen LogP contribution in [0.4, 0.5) is 0 Å². The van der Waals surface area contributed by atoms with E-state index in [1.54, 1.807) is 14.2 Å². The van der Waals surface area contributed by atoms with E-state index < -0.39 is 0 Å². The number of carbonyl (C=O) groups is 1. The first-order chi connectivity index (χ1) is 12.6. The maximum Gasteiger partial charge on any atom is 0.237 e. The normalized spacial score (nSPS) is 22.3. The molecule has 2 atom stereocenters. The lowest BCUT2D eigenvalue weighted by Gasteiger charge is -2.26. The first kappa shape index (κ1) is 19.0. The van der Waals surface area contributed by atoms with Crippen LogP contribution in [0.2, 0.25) is 0 Å². The number of nitrogens with one attached hydrogen (secondary N) is 1. The van der Waals surface area contributed by atoms with Crippen molar-refractivity contribution < 1.29 is 14.3 Å². The zero-order chi connectivity index (χ0) is 18.5. The maximum atomic E-state index is 12.6. The van der Waals surface area contributed by atoms with Gasteiger partial charge in [-0.3, -0.25) is 14.6 Å². The van der Waals surface area contributed by atoms with E-state index in [0.29, 0.717) is 24.1 Å². The second-order valence-corrected chi connectivity index (χ2v) is 7.26. The van der Waals surface area contributed by atoms with E-state index >= 15 is 0 Å². The molecule has 2 aliphatic rings. The third-order valence-corrected chi connectivity index (χ3v) is 5.69. The van der Waals surface area contributed by atoms with Crippen molar-refractivity contribution in [1.29, 1.82) is 0 Å². The first-order valence-corrected chi connectivity index (χ1v) is 9.59. The van der Waals surface area contributed by atoms with Crippen molar-refractivity contribution in [3.05, 3.63) is 23.8 Å². The topological polar surface area (TPSA) is 54.0 Å². The number of ether oxygens (including phenoxy) is 2. The van der Waals surface area contributed by atoms with Crippen molar-refractivity contribution in [3.63, 3.8) is 0 Å². The molecule has 6 heteroatoms. The Morgan fingerprint density at radius 1 is 1.19 bits per heavy atom. The fourth-order valence-corrected chi connectivity index (χ4v) is 4.02. The fourth-order valence-electron chi connectivity index (χ4n) is 4.02. The zero-order valence-corrected chi connectivity index (χ0v) is 16.2. The molecule has 3 rings (SSSR count). The van der Waals surface area contributed by atoms with E-state index in [9.17, 15) is 4.79 Å². The van der Waals surface area contributed by atoms with E-state index in [4.69, 9.17) is 9.47 Å². The highest BCUT2D eigenvalue weighted by atomic mass is 16.5. The van der Waals surface area contributed by atoms with Gasteiger partial charge in [0.05, 0.1) is 20.3 Å². The summed E-state index contributed by atoms with van der Waals surface area (Å²) in [5.74, 6) is 1.46. The predicted molar refractivity (Wildman–Crippen MR) is 102 cm³/mol. The summed E-state index contributed by atoms with van der Waals surface area (Å²) in [6, 6.07) is 6.25. The van der Waals surface area contributed by atoms with E-state index in [1.165, 1.54) is 32.4 Å². The van der Waals surface area contributed by atoms with Gasteiger partial charge in [0.25, 0.3) is 0 Å². The van der Waals surface area contributed by atoms with Crippen LogP contribution in [0.15, 0.2) is 18.2 Å². The van der Waals surface area contributed by atoms with E-state index in [2.05, 4.69) is 15.1 Å². The molecule has 0 aromatic heterocycles. The largest absolute Gasteiger partial charge is 0.493 e. The van der Waals surface area contributed by atoms with Gasteiger partial charge in [-0.15, -0.1) is 0 Å². The van der Waals surface area contributed by atoms with Crippen LogP contribution in [0.25, 0.3) is 0 Å². The van der Waals surface area contributed by atoms with Gasteiger partial charge < -0.3 is 14.8 Å². The van der Waals surface area contributed by atoms with Gasteiger partial charge in [0.1, 0.15) is 0 Å². The number of hydrogen-bond acceptors (Lipinski definition) is 5. The van der Waals surface area contributed by atoms with Gasteiger partial charge in [-0.1, -0.05) is 6.07 Å². The Morgan fingerprint density at radius 2 is 1.92 bits per heavy atom. The maximum absolute atomic E-state index is 12.6. The lowest BCUT2D eigenvalue weighted by molar-refractivity contribution is -0.125. The molecule has 26 heavy (non-hydrogen) atoms. The molecule has 2 saturated heterocycles. The molecule has 1 N–H and O–H groups in total. The molecule has 0 spiro atoms. The van der Waals surface area contributed by atoms with Gasteiger partial charge in [-0.05, 0) is 57.0 Å². The van der Waals surface area contributed by atoms with Crippen molar-refractivity contribution in [1.82, 2.24) is 15.1 Å². The Labute approximate surface area is 156 Å². The quantitative estimate of drug-likeness (QED) is 0.804. The highest BCUT2D eigenvalue weighted by Gasteiger charge is 2.33. The molecule has 2 aliphatic heterocycles. The molecule has 0 saturated carbocycles. The molecule has 6 nitrogen and oxygen atoms in total. The van der Waals surface area contributed by atoms with Gasteiger partial charge in [-0.25, -0.2) is 0 Å². The van der Waals surface area contributed by atoms with Crippen LogP contribution in [-0.2, 0) is 11.3 Å². The average Bonchev–Trinajstić information content (AvgIpc) is 3.36. The minimum atomic E-state index is -0.0947. The smallest absolute Gasteiger partial charge is 0.237 e. The van der Waals surface area contributed by atoms with Gasteiger partial charge >= 0.3 is 0 Å². The van der Waals surface area contributed by atoms with Crippen LogP contribution in [-0.4, -0.2) is 68.2 Å². The molecule has 2 fully saturated rings. The molecule has 2 heterocycles. The molecule has 0 bridgehead atoms. The Balaban J connectivity index is 1.50. The summed E-state index contributed by atoms with van der Waals surface area (Å²) < 4.78 is 10.6. The minimum absolute atomic E-state index is 0.0851. The van der Waals surface area contributed by atoms with E-state index in [0.717, 1.165) is 18.7 Å². The molecule has 1 aromatic rings. The van der Waals surface area contributed by atoms with Crippen LogP contribution in [0.3, 0.4) is 0 Å². The first-order valence-electron chi connectivity index (χ1n) is 9.59. The molecule has 0 aliphatic carbocycles. The van der Waals surface area contributed by atoms with Crippen molar-refractivity contribution in [2.45, 2.75) is 44.8 Å². The zero-order valence-electron chi connectivity index (χ0n) is 16.2. The molecule has 1 aromatic carbocycles. The number of methoxy groups -OCH3 is 2. The molecule has 0 radical (unpaired) electrons. The highest BCUT2D eigenvalue weighted by Crippen LogP contribution is 2.27. The highest BCUT2D eigenvalue weighted by molar-refractivity contribution is 5.81. The molecule has 2 unspecified atom stereocenters. The summed E-state index contributed by atoms with van der Waals surface area (Å²) in [6.45, 7) is 6.96. The van der Waals surface area contributed by atoms with Crippen LogP contribution >= 0.6 is 0 Å². The Hall–Kier alpha value is -1.79. The van der Waals surface area contributed by atoms with Crippen LogP contribution < -0.4 is 14.8 Å². The van der Waals surface area contributed by atoms with Crippen molar-refractivity contribution in [2.75, 3.05) is 40.4 Å². The van der Waals surface area contributed by atoms with Crippen molar-refractivity contribution in [3.8, 4) is 11.5 Å². The second-order valence-electron chi connectivity index (χ2n) is 7.26. The number of hydrogen-bond donors (Lipinski definition) is 1. The Kier molecular flexibility index (Phi) is 6.38.